The Morgan fingerprint density at radius 3 is 2.65 bits per heavy atom. The number of alkyl carbamates (subject to hydrolysis) is 1. The van der Waals surface area contributed by atoms with Crippen LogP contribution >= 0.6 is 15.9 Å². The number of imidazole rings is 1. The van der Waals surface area contributed by atoms with Crippen LogP contribution in [0.4, 0.5) is 4.79 Å². The molecule has 0 fully saturated rings. The largest absolute Gasteiger partial charge is 0.444 e. The second-order valence-corrected chi connectivity index (χ2v) is 7.54. The molecule has 2 aromatic heterocycles. The lowest BCUT2D eigenvalue weighted by molar-refractivity contribution is 0.0529. The van der Waals surface area contributed by atoms with Crippen LogP contribution in [0.2, 0.25) is 0 Å². The van der Waals surface area contributed by atoms with Gasteiger partial charge in [-0.2, -0.15) is 0 Å². The van der Waals surface area contributed by atoms with Crippen molar-refractivity contribution in [1.29, 1.82) is 0 Å². The minimum atomic E-state index is -0.501. The number of carbonyl (C=O) groups is 1. The van der Waals surface area contributed by atoms with Crippen molar-refractivity contribution >= 4 is 33.6 Å². The zero-order valence-electron chi connectivity index (χ0n) is 15.5. The number of aromatic nitrogens is 2. The summed E-state index contributed by atoms with van der Waals surface area (Å²) in [6.07, 6.45) is 3.49. The van der Waals surface area contributed by atoms with Crippen LogP contribution in [-0.2, 0) is 11.3 Å². The Morgan fingerprint density at radius 1 is 1.23 bits per heavy atom. The number of rotatable bonds is 5. The van der Waals surface area contributed by atoms with Gasteiger partial charge >= 0.3 is 6.09 Å². The number of halogens is 1. The van der Waals surface area contributed by atoms with E-state index in [1.165, 1.54) is 0 Å². The van der Waals surface area contributed by atoms with Crippen LogP contribution in [0.25, 0.3) is 5.65 Å². The van der Waals surface area contributed by atoms with Crippen LogP contribution in [0.1, 0.15) is 26.5 Å². The quantitative estimate of drug-likeness (QED) is 0.389. The molecule has 2 heterocycles. The second-order valence-electron chi connectivity index (χ2n) is 6.63. The first kappa shape index (κ1) is 20.0. The minimum Gasteiger partial charge on any atom is -0.444 e. The van der Waals surface area contributed by atoms with Crippen molar-refractivity contribution in [3.8, 4) is 0 Å². The Morgan fingerprint density at radius 2 is 1.96 bits per heavy atom. The van der Waals surface area contributed by atoms with Crippen molar-refractivity contribution < 1.29 is 9.53 Å². The van der Waals surface area contributed by atoms with E-state index in [2.05, 4.69) is 41.9 Å². The lowest BCUT2D eigenvalue weighted by atomic mass is 10.2. The Balaban J connectivity index is 1.74. The molecule has 0 saturated carbocycles. The van der Waals surface area contributed by atoms with E-state index < -0.39 is 11.7 Å². The summed E-state index contributed by atoms with van der Waals surface area (Å²) < 4.78 is 8.13. The zero-order valence-corrected chi connectivity index (χ0v) is 17.1. The third-order valence-corrected chi connectivity index (χ3v) is 3.68. The topological polar surface area (TPSA) is 92.0 Å². The fraction of sp³-hybridized carbons (Fsp3) is 0.471. The van der Waals surface area contributed by atoms with Crippen molar-refractivity contribution in [2.24, 2.45) is 4.99 Å². The maximum absolute atomic E-state index is 11.6. The highest BCUT2D eigenvalue weighted by Crippen LogP contribution is 2.12. The zero-order chi connectivity index (χ0) is 19.2. The fourth-order valence-corrected chi connectivity index (χ4v) is 2.51. The van der Waals surface area contributed by atoms with Gasteiger partial charge in [0.1, 0.15) is 11.2 Å². The highest BCUT2D eigenvalue weighted by Gasteiger charge is 2.15. The van der Waals surface area contributed by atoms with Crippen molar-refractivity contribution in [2.45, 2.75) is 32.9 Å². The van der Waals surface area contributed by atoms with Crippen molar-refractivity contribution in [3.63, 3.8) is 0 Å². The Bertz CT molecular complexity index is 781. The molecule has 9 heteroatoms. The molecule has 0 aliphatic rings. The lowest BCUT2D eigenvalue weighted by Gasteiger charge is -2.19. The van der Waals surface area contributed by atoms with E-state index >= 15 is 0 Å². The lowest BCUT2D eigenvalue weighted by Crippen LogP contribution is -2.42. The van der Waals surface area contributed by atoms with Gasteiger partial charge in [-0.3, -0.25) is 4.99 Å². The fourth-order valence-electron chi connectivity index (χ4n) is 2.16. The molecule has 0 aromatic carbocycles. The minimum absolute atomic E-state index is 0.429. The molecule has 3 N–H and O–H groups in total. The van der Waals surface area contributed by atoms with E-state index in [-0.39, 0.29) is 0 Å². The summed E-state index contributed by atoms with van der Waals surface area (Å²) in [5, 5.41) is 9.01. The van der Waals surface area contributed by atoms with Gasteiger partial charge in [0.2, 0.25) is 0 Å². The maximum atomic E-state index is 11.6. The van der Waals surface area contributed by atoms with Gasteiger partial charge in [0.15, 0.2) is 5.96 Å². The number of ether oxygens (including phenoxy) is 1. The molecule has 0 saturated heterocycles. The van der Waals surface area contributed by atoms with Crippen LogP contribution < -0.4 is 16.0 Å². The smallest absolute Gasteiger partial charge is 0.407 e. The molecular formula is C17H25BrN6O2. The molecule has 26 heavy (non-hydrogen) atoms. The first-order chi connectivity index (χ1) is 12.3. The molecule has 0 unspecified atom stereocenters. The Labute approximate surface area is 161 Å². The van der Waals surface area contributed by atoms with Gasteiger partial charge in [-0.15, -0.1) is 0 Å². The van der Waals surface area contributed by atoms with Crippen molar-refractivity contribution in [2.75, 3.05) is 20.1 Å². The van der Waals surface area contributed by atoms with Gasteiger partial charge in [0, 0.05) is 37.0 Å². The molecule has 1 amide bonds. The SMILES string of the molecule is CN=C(NCCNC(=O)OC(C)(C)C)NCc1cn2cc(Br)ccc2n1. The van der Waals surface area contributed by atoms with E-state index in [4.69, 9.17) is 4.74 Å². The average molecular weight is 425 g/mol. The molecule has 0 atom stereocenters. The van der Waals surface area contributed by atoms with Gasteiger partial charge < -0.3 is 25.1 Å². The number of guanidine groups is 1. The molecule has 0 radical (unpaired) electrons. The van der Waals surface area contributed by atoms with Crippen LogP contribution in [0.5, 0.6) is 0 Å². The third kappa shape index (κ3) is 6.55. The molecule has 142 valence electrons. The third-order valence-electron chi connectivity index (χ3n) is 3.21. The van der Waals surface area contributed by atoms with Gasteiger partial charge in [0.05, 0.1) is 12.2 Å². The summed E-state index contributed by atoms with van der Waals surface area (Å²) in [5.74, 6) is 0.634. The number of carbonyl (C=O) groups excluding carboxylic acids is 1. The number of nitrogens with zero attached hydrogens (tertiary/aromatic N) is 3. The first-order valence-electron chi connectivity index (χ1n) is 8.31. The van der Waals surface area contributed by atoms with Gasteiger partial charge in [-0.05, 0) is 48.8 Å². The van der Waals surface area contributed by atoms with Gasteiger partial charge in [-0.25, -0.2) is 9.78 Å². The molecule has 8 nitrogen and oxygen atoms in total. The highest BCUT2D eigenvalue weighted by molar-refractivity contribution is 9.10. The molecular weight excluding hydrogens is 400 g/mol. The van der Waals surface area contributed by atoms with Crippen LogP contribution in [0.3, 0.4) is 0 Å². The molecule has 0 spiro atoms. The summed E-state index contributed by atoms with van der Waals surface area (Å²) in [6, 6.07) is 3.90. The van der Waals surface area contributed by atoms with Crippen LogP contribution in [0.15, 0.2) is 34.0 Å². The maximum Gasteiger partial charge on any atom is 0.407 e. The number of fused-ring (bicyclic) bond motifs is 1. The number of amides is 1. The van der Waals surface area contributed by atoms with Crippen LogP contribution in [0, 0.1) is 0 Å². The van der Waals surface area contributed by atoms with E-state index in [0.717, 1.165) is 15.8 Å². The summed E-state index contributed by atoms with van der Waals surface area (Å²) in [4.78, 5) is 20.3. The summed E-state index contributed by atoms with van der Waals surface area (Å²) in [7, 11) is 1.69. The Kier molecular flexibility index (Phi) is 6.84. The summed E-state index contributed by atoms with van der Waals surface area (Å²) in [5.41, 5.74) is 1.28. The number of hydrogen-bond acceptors (Lipinski definition) is 4. The molecule has 0 aliphatic carbocycles. The number of pyridine rings is 1. The predicted octanol–water partition coefficient (Wildman–Crippen LogP) is 2.29. The molecule has 2 rings (SSSR count). The summed E-state index contributed by atoms with van der Waals surface area (Å²) in [6.45, 7) is 6.98. The van der Waals surface area contributed by atoms with E-state index in [1.807, 2.05) is 49.7 Å². The summed E-state index contributed by atoms with van der Waals surface area (Å²) >= 11 is 3.44. The Hall–Kier alpha value is -2.29. The predicted molar refractivity (Wildman–Crippen MR) is 105 cm³/mol. The van der Waals surface area contributed by atoms with E-state index in [9.17, 15) is 4.79 Å². The van der Waals surface area contributed by atoms with Crippen LogP contribution in [-0.4, -0.2) is 47.2 Å². The first-order valence-corrected chi connectivity index (χ1v) is 9.10. The number of aliphatic imine (C=N–C) groups is 1. The second kappa shape index (κ2) is 8.88. The monoisotopic (exact) mass is 424 g/mol. The standard InChI is InChI=1S/C17H25BrN6O2/c1-17(2,3)26-16(25)21-8-7-20-15(19-4)22-9-13-11-24-10-12(18)5-6-14(24)23-13/h5-6,10-11H,7-9H2,1-4H3,(H,21,25)(H2,19,20,22). The van der Waals surface area contributed by atoms with E-state index in [1.54, 1.807) is 7.05 Å². The molecule has 0 bridgehead atoms. The normalized spacial score (nSPS) is 12.1. The van der Waals surface area contributed by atoms with Crippen molar-refractivity contribution in [1.82, 2.24) is 25.3 Å². The molecule has 2 aromatic rings. The average Bonchev–Trinajstić information content (AvgIpc) is 2.94. The number of nitrogens with one attached hydrogen (secondary N) is 3. The van der Waals surface area contributed by atoms with Crippen molar-refractivity contribution in [3.05, 3.63) is 34.7 Å². The van der Waals surface area contributed by atoms with E-state index in [0.29, 0.717) is 25.6 Å². The van der Waals surface area contributed by atoms with Gasteiger partial charge in [-0.1, -0.05) is 0 Å². The molecule has 0 aliphatic heterocycles. The van der Waals surface area contributed by atoms with Gasteiger partial charge in [0.25, 0.3) is 0 Å². The highest BCUT2D eigenvalue weighted by atomic mass is 79.9. The number of hydrogen-bond donors (Lipinski definition) is 3.